The summed E-state index contributed by atoms with van der Waals surface area (Å²) in [5, 5.41) is 12.9. The molecule has 0 N–H and O–H groups in total. The zero-order valence-electron chi connectivity index (χ0n) is 17.6. The minimum atomic E-state index is -0.986. The van der Waals surface area contributed by atoms with Crippen molar-refractivity contribution in [3.8, 4) is 5.75 Å². The second-order valence-corrected chi connectivity index (χ2v) is 8.52. The molecule has 0 aromatic heterocycles. The van der Waals surface area contributed by atoms with E-state index in [4.69, 9.17) is 9.47 Å². The van der Waals surface area contributed by atoms with E-state index in [1.54, 1.807) is 0 Å². The predicted molar refractivity (Wildman–Crippen MR) is 96.3 cm³/mol. The molecule has 0 radical (unpaired) electrons. The number of ether oxygens (including phenoxy) is 2. The van der Waals surface area contributed by atoms with Crippen LogP contribution in [0, 0.1) is 24.2 Å². The summed E-state index contributed by atoms with van der Waals surface area (Å²) in [5.74, 6) is 2.71. The van der Waals surface area contributed by atoms with Gasteiger partial charge in [-0.15, -0.1) is 0 Å². The molecule has 138 valence electrons. The number of hydrogen-bond acceptors (Lipinski definition) is 3. The quantitative estimate of drug-likeness (QED) is 0.268. The van der Waals surface area contributed by atoms with Gasteiger partial charge >= 0.3 is 37.7 Å². The summed E-state index contributed by atoms with van der Waals surface area (Å²) in [5.41, 5.74) is 1.82. The number of aryl methyl sites for hydroxylation is 1. The molecule has 0 bridgehead atoms. The van der Waals surface area contributed by atoms with Gasteiger partial charge in [-0.05, 0) is 67.2 Å². The minimum absolute atomic E-state index is 0. The second-order valence-electron chi connectivity index (χ2n) is 8.52. The molecule has 1 aromatic carbocycles. The molecule has 4 rings (SSSR count). The Morgan fingerprint density at radius 3 is 2.70 bits per heavy atom. The van der Waals surface area contributed by atoms with E-state index in [1.165, 1.54) is 17.5 Å². The monoisotopic (exact) mass is 356 g/mol. The van der Waals surface area contributed by atoms with E-state index in [0.29, 0.717) is 31.2 Å². The van der Waals surface area contributed by atoms with Crippen LogP contribution in [0.5, 0.6) is 5.75 Å². The van der Waals surface area contributed by atoms with Crippen molar-refractivity contribution in [3.05, 3.63) is 36.2 Å². The Balaban J connectivity index is 0.00000131. The van der Waals surface area contributed by atoms with Crippen molar-refractivity contribution in [1.82, 2.24) is 0 Å². The molecule has 2 saturated carbocycles. The number of benzene rings is 1. The molecule has 3 nitrogen and oxygen atoms in total. The van der Waals surface area contributed by atoms with Crippen LogP contribution in [-0.4, -0.2) is 19.0 Å². The van der Waals surface area contributed by atoms with Gasteiger partial charge < -0.3 is 21.5 Å². The third-order valence-electron chi connectivity index (χ3n) is 7.50. The molecule has 2 fully saturated rings. The number of hydrogen-bond donors (Lipinski definition) is 0. The number of fused-ring (bicyclic) bond motifs is 5. The molecule has 0 unspecified atom stereocenters. The summed E-state index contributed by atoms with van der Waals surface area (Å²) >= 11 is 0. The summed E-state index contributed by atoms with van der Waals surface area (Å²) in [7, 11) is 0. The largest absolute Gasteiger partial charge is 1.00 e. The molecular weight excluding hydrogens is 326 g/mol. The summed E-state index contributed by atoms with van der Waals surface area (Å²) < 4.78 is 11.0. The summed E-state index contributed by atoms with van der Waals surface area (Å²) in [6.45, 7) is 9.25. The van der Waals surface area contributed by atoms with Gasteiger partial charge in [0.05, 0.1) is 0 Å². The fraction of sp³-hybridized carbons (Fsp3) is 0.682. The molecule has 0 spiro atoms. The van der Waals surface area contributed by atoms with Crippen molar-refractivity contribution < 1.29 is 52.3 Å². The van der Waals surface area contributed by atoms with E-state index in [2.05, 4.69) is 32.0 Å². The molecule has 0 amide bonds. The SMILES string of the molecule is [CH2-][C@]1([O-])CC[C@H]2[C@@H]3CCc4cc(OCOCC)ccc4[C@H]3CC[C@@]21C.[Li+].[Li+]. The van der Waals surface area contributed by atoms with E-state index >= 15 is 0 Å². The molecule has 0 heterocycles. The molecule has 3 aliphatic rings. The maximum atomic E-state index is 12.9. The smallest absolute Gasteiger partial charge is 0.873 e. The molecule has 0 saturated heterocycles. The van der Waals surface area contributed by atoms with Gasteiger partial charge in [-0.1, -0.05) is 37.7 Å². The van der Waals surface area contributed by atoms with Crippen LogP contribution in [0.3, 0.4) is 0 Å². The Morgan fingerprint density at radius 2 is 1.96 bits per heavy atom. The van der Waals surface area contributed by atoms with Gasteiger partial charge in [0.25, 0.3) is 0 Å². The molecule has 1 aromatic rings. The van der Waals surface area contributed by atoms with Gasteiger partial charge in [-0.2, -0.15) is 0 Å². The average molecular weight is 356 g/mol. The molecule has 5 heteroatoms. The van der Waals surface area contributed by atoms with Crippen LogP contribution >= 0.6 is 0 Å². The maximum Gasteiger partial charge on any atom is 1.00 e. The van der Waals surface area contributed by atoms with Crippen LogP contribution in [-0.2, 0) is 11.2 Å². The third-order valence-corrected chi connectivity index (χ3v) is 7.50. The Morgan fingerprint density at radius 1 is 1.19 bits per heavy atom. The van der Waals surface area contributed by atoms with Crippen LogP contribution in [0.1, 0.15) is 63.0 Å². The Kier molecular flexibility index (Phi) is 7.70. The summed E-state index contributed by atoms with van der Waals surface area (Å²) in [4.78, 5) is 0. The minimum Gasteiger partial charge on any atom is -0.873 e. The van der Waals surface area contributed by atoms with Gasteiger partial charge in [0.15, 0.2) is 6.79 Å². The van der Waals surface area contributed by atoms with Crippen molar-refractivity contribution in [2.45, 2.75) is 63.9 Å². The van der Waals surface area contributed by atoms with E-state index in [-0.39, 0.29) is 43.1 Å². The van der Waals surface area contributed by atoms with Gasteiger partial charge in [-0.3, -0.25) is 0 Å². The van der Waals surface area contributed by atoms with Crippen molar-refractivity contribution >= 4 is 0 Å². The Labute approximate surface area is 188 Å². The predicted octanol–water partition coefficient (Wildman–Crippen LogP) is -2.14. The van der Waals surface area contributed by atoms with Crippen molar-refractivity contribution in [2.24, 2.45) is 17.3 Å². The van der Waals surface area contributed by atoms with Gasteiger partial charge in [-0.25, -0.2) is 5.60 Å². The van der Waals surface area contributed by atoms with E-state index in [0.717, 1.165) is 37.9 Å². The second kappa shape index (κ2) is 8.87. The van der Waals surface area contributed by atoms with Crippen LogP contribution in [0.25, 0.3) is 0 Å². The molecule has 5 atom stereocenters. The van der Waals surface area contributed by atoms with Gasteiger partial charge in [0.1, 0.15) is 5.75 Å². The van der Waals surface area contributed by atoms with E-state index in [9.17, 15) is 5.11 Å². The Hall–Kier alpha value is 0.135. The summed E-state index contributed by atoms with van der Waals surface area (Å²) in [6.07, 6.45) is 6.25. The third kappa shape index (κ3) is 3.94. The first-order valence-electron chi connectivity index (χ1n) is 9.85. The van der Waals surface area contributed by atoms with Crippen molar-refractivity contribution in [2.75, 3.05) is 13.4 Å². The molecule has 0 aliphatic heterocycles. The van der Waals surface area contributed by atoms with Crippen LogP contribution in [0.15, 0.2) is 18.2 Å². The van der Waals surface area contributed by atoms with Gasteiger partial charge in [0.2, 0.25) is 0 Å². The normalized spacial score (nSPS) is 36.5. The molecule has 3 aliphatic carbocycles. The zero-order chi connectivity index (χ0) is 17.7. The fourth-order valence-electron chi connectivity index (χ4n) is 5.93. The molecule has 27 heavy (non-hydrogen) atoms. The fourth-order valence-corrected chi connectivity index (χ4v) is 5.93. The number of rotatable bonds is 4. The van der Waals surface area contributed by atoms with Crippen molar-refractivity contribution in [3.63, 3.8) is 0 Å². The summed E-state index contributed by atoms with van der Waals surface area (Å²) in [6, 6.07) is 6.55. The first-order valence-corrected chi connectivity index (χ1v) is 9.85. The average Bonchev–Trinajstić information content (AvgIpc) is 2.84. The van der Waals surface area contributed by atoms with E-state index < -0.39 is 5.60 Å². The van der Waals surface area contributed by atoms with Crippen LogP contribution in [0.2, 0.25) is 0 Å². The van der Waals surface area contributed by atoms with Crippen LogP contribution in [0.4, 0.5) is 0 Å². The van der Waals surface area contributed by atoms with Crippen LogP contribution < -0.4 is 47.6 Å². The first-order chi connectivity index (χ1) is 12.0. The Bertz CT molecular complexity index is 648. The maximum absolute atomic E-state index is 12.9. The topological polar surface area (TPSA) is 41.5 Å². The zero-order valence-corrected chi connectivity index (χ0v) is 17.6. The first kappa shape index (κ1) is 23.4. The standard InChI is InChI=1S/C22H30O3.2Li/c1-4-24-14-25-16-6-8-17-15(13-16)5-7-19-18(17)9-11-21(2)20(19)10-12-22(21,3)23;;/h6,8,13,18-20H,3-5,7,9-12,14H2,1-2H3;;/q-2;2*+1/t18-,19-,20+,21+,22+;;/m1../s1. The molecular formula is C22H30Li2O3. The van der Waals surface area contributed by atoms with Crippen molar-refractivity contribution in [1.29, 1.82) is 0 Å². The van der Waals surface area contributed by atoms with Gasteiger partial charge in [0, 0.05) is 6.61 Å². The van der Waals surface area contributed by atoms with E-state index in [1.807, 2.05) is 6.92 Å².